The van der Waals surface area contributed by atoms with Gasteiger partial charge in [-0.2, -0.15) is 0 Å². The first-order valence-corrected chi connectivity index (χ1v) is 6.53. The second-order valence-electron chi connectivity index (χ2n) is 4.69. The highest BCUT2D eigenvalue weighted by Gasteiger charge is 2.18. The average Bonchev–Trinajstić information content (AvgIpc) is 2.88. The minimum absolute atomic E-state index is 0.208. The van der Waals surface area contributed by atoms with Crippen molar-refractivity contribution in [2.75, 3.05) is 6.61 Å². The van der Waals surface area contributed by atoms with Gasteiger partial charge in [0.25, 0.3) is 5.91 Å². The number of phenols is 1. The molecule has 0 fully saturated rings. The van der Waals surface area contributed by atoms with E-state index in [-0.39, 0.29) is 17.9 Å². The number of hydrogen-bond donors (Lipinski definition) is 2. The van der Waals surface area contributed by atoms with Crippen molar-refractivity contribution in [2.24, 2.45) is 0 Å². The normalized spacial score (nSPS) is 13.8. The van der Waals surface area contributed by atoms with Gasteiger partial charge in [0.05, 0.1) is 25.0 Å². The summed E-state index contributed by atoms with van der Waals surface area (Å²) in [6.07, 6.45) is 1.66. The van der Waals surface area contributed by atoms with Gasteiger partial charge in [-0.05, 0) is 12.1 Å². The number of aromatic nitrogens is 2. The van der Waals surface area contributed by atoms with Crippen LogP contribution in [0.2, 0.25) is 0 Å². The summed E-state index contributed by atoms with van der Waals surface area (Å²) in [5.41, 5.74) is 0.469. The van der Waals surface area contributed by atoms with E-state index < -0.39 is 11.7 Å². The van der Waals surface area contributed by atoms with E-state index in [1.54, 1.807) is 6.20 Å². The number of nitrogens with zero attached hydrogens (tertiary/aromatic N) is 2. The molecule has 0 spiro atoms. The minimum Gasteiger partial charge on any atom is -0.507 e. The largest absolute Gasteiger partial charge is 0.507 e. The van der Waals surface area contributed by atoms with E-state index in [1.807, 2.05) is 4.57 Å². The molecule has 0 saturated carbocycles. The monoisotopic (exact) mass is 291 g/mol. The molecule has 0 bridgehead atoms. The minimum atomic E-state index is -0.754. The van der Waals surface area contributed by atoms with Gasteiger partial charge in [-0.1, -0.05) is 6.07 Å². The highest BCUT2D eigenvalue weighted by atomic mass is 19.1. The van der Waals surface area contributed by atoms with E-state index in [0.29, 0.717) is 19.8 Å². The fraction of sp³-hybridized carbons (Fsp3) is 0.286. The van der Waals surface area contributed by atoms with Gasteiger partial charge in [0, 0.05) is 6.54 Å². The maximum atomic E-state index is 13.6. The number of aromatic hydroxyl groups is 1. The quantitative estimate of drug-likeness (QED) is 0.890. The summed E-state index contributed by atoms with van der Waals surface area (Å²) in [5, 5.41) is 12.2. The summed E-state index contributed by atoms with van der Waals surface area (Å²) >= 11 is 0. The molecule has 1 amide bonds. The van der Waals surface area contributed by atoms with Crippen LogP contribution >= 0.6 is 0 Å². The second kappa shape index (κ2) is 5.53. The van der Waals surface area contributed by atoms with Crippen molar-refractivity contribution in [3.05, 3.63) is 47.3 Å². The molecule has 6 nitrogen and oxygen atoms in total. The van der Waals surface area contributed by atoms with Crippen LogP contribution in [0.1, 0.15) is 21.9 Å². The lowest BCUT2D eigenvalue weighted by atomic mass is 10.1. The summed E-state index contributed by atoms with van der Waals surface area (Å²) in [6.45, 7) is 1.92. The molecule has 1 aromatic carbocycles. The molecule has 1 aliphatic rings. The van der Waals surface area contributed by atoms with Crippen LogP contribution in [0.4, 0.5) is 4.39 Å². The molecule has 3 rings (SSSR count). The molecule has 0 radical (unpaired) electrons. The molecule has 0 unspecified atom stereocenters. The molecule has 2 aromatic rings. The van der Waals surface area contributed by atoms with E-state index >= 15 is 0 Å². The molecule has 7 heteroatoms. The Labute approximate surface area is 120 Å². The Hall–Kier alpha value is -2.41. The van der Waals surface area contributed by atoms with Crippen molar-refractivity contribution in [2.45, 2.75) is 19.7 Å². The number of halogens is 1. The lowest BCUT2D eigenvalue weighted by Crippen LogP contribution is -2.27. The number of phenolic OH excluding ortho intramolecular Hbond substituents is 1. The Balaban J connectivity index is 1.73. The molecule has 2 heterocycles. The number of hydrogen-bond acceptors (Lipinski definition) is 4. The van der Waals surface area contributed by atoms with Gasteiger partial charge in [0.15, 0.2) is 0 Å². The highest BCUT2D eigenvalue weighted by molar-refractivity contribution is 5.96. The predicted octanol–water partition coefficient (Wildman–Crippen LogP) is 1.19. The van der Waals surface area contributed by atoms with Gasteiger partial charge in [0.2, 0.25) is 0 Å². The van der Waals surface area contributed by atoms with Gasteiger partial charge in [0.1, 0.15) is 29.6 Å². The number of ether oxygens (including phenoxy) is 1. The van der Waals surface area contributed by atoms with Gasteiger partial charge < -0.3 is 19.7 Å². The Morgan fingerprint density at radius 2 is 2.38 bits per heavy atom. The number of benzene rings is 1. The lowest BCUT2D eigenvalue weighted by molar-refractivity contribution is 0.0802. The Morgan fingerprint density at radius 3 is 3.19 bits per heavy atom. The maximum Gasteiger partial charge on any atom is 0.258 e. The number of nitrogens with one attached hydrogen (secondary N) is 1. The zero-order valence-electron chi connectivity index (χ0n) is 11.2. The van der Waals surface area contributed by atoms with Crippen LogP contribution in [0.25, 0.3) is 0 Å². The van der Waals surface area contributed by atoms with Crippen molar-refractivity contribution in [1.29, 1.82) is 0 Å². The molecular formula is C14H14FN3O3. The van der Waals surface area contributed by atoms with Crippen molar-refractivity contribution in [1.82, 2.24) is 14.9 Å². The van der Waals surface area contributed by atoms with Crippen molar-refractivity contribution >= 4 is 5.91 Å². The molecule has 110 valence electrons. The Bertz CT molecular complexity index is 664. The standard InChI is InChI=1S/C14H14FN3O3/c15-10-2-1-3-11(19)13(10)14(20)17-7-9-6-16-12-8-21-5-4-18(9)12/h1-3,6,19H,4-5,7-8H2,(H,17,20). The van der Waals surface area contributed by atoms with Crippen LogP contribution in [0.3, 0.4) is 0 Å². The average molecular weight is 291 g/mol. The Kier molecular flexibility index (Phi) is 3.57. The molecular weight excluding hydrogens is 277 g/mol. The molecule has 1 aliphatic heterocycles. The van der Waals surface area contributed by atoms with Crippen LogP contribution in [0.5, 0.6) is 5.75 Å². The summed E-state index contributed by atoms with van der Waals surface area (Å²) in [7, 11) is 0. The molecule has 21 heavy (non-hydrogen) atoms. The number of carbonyl (C=O) groups is 1. The number of fused-ring (bicyclic) bond motifs is 1. The van der Waals surface area contributed by atoms with Crippen LogP contribution in [-0.2, 0) is 24.4 Å². The smallest absolute Gasteiger partial charge is 0.258 e. The number of amides is 1. The topological polar surface area (TPSA) is 76.4 Å². The van der Waals surface area contributed by atoms with E-state index in [2.05, 4.69) is 10.3 Å². The summed E-state index contributed by atoms with van der Waals surface area (Å²) < 4.78 is 20.8. The first kappa shape index (κ1) is 13.6. The lowest BCUT2D eigenvalue weighted by Gasteiger charge is -2.17. The van der Waals surface area contributed by atoms with Crippen LogP contribution in [-0.4, -0.2) is 27.2 Å². The maximum absolute atomic E-state index is 13.6. The van der Waals surface area contributed by atoms with Crippen LogP contribution in [0, 0.1) is 5.82 Å². The zero-order valence-corrected chi connectivity index (χ0v) is 11.2. The molecule has 2 N–H and O–H groups in total. The first-order chi connectivity index (χ1) is 10.2. The van der Waals surface area contributed by atoms with Crippen molar-refractivity contribution in [3.8, 4) is 5.75 Å². The molecule has 0 aliphatic carbocycles. The fourth-order valence-corrected chi connectivity index (χ4v) is 2.30. The van der Waals surface area contributed by atoms with Gasteiger partial charge >= 0.3 is 0 Å². The molecule has 1 aromatic heterocycles. The molecule has 0 atom stereocenters. The van der Waals surface area contributed by atoms with Crippen LogP contribution < -0.4 is 5.32 Å². The van der Waals surface area contributed by atoms with Crippen LogP contribution in [0.15, 0.2) is 24.4 Å². The van der Waals surface area contributed by atoms with E-state index in [1.165, 1.54) is 12.1 Å². The zero-order chi connectivity index (χ0) is 14.8. The molecule has 0 saturated heterocycles. The summed E-state index contributed by atoms with van der Waals surface area (Å²) in [4.78, 5) is 16.2. The number of carbonyl (C=O) groups excluding carboxylic acids is 1. The van der Waals surface area contributed by atoms with Gasteiger partial charge in [-0.25, -0.2) is 9.37 Å². The highest BCUT2D eigenvalue weighted by Crippen LogP contribution is 2.19. The third-order valence-corrected chi connectivity index (χ3v) is 3.36. The summed E-state index contributed by atoms with van der Waals surface area (Å²) in [6, 6.07) is 3.75. The van der Waals surface area contributed by atoms with E-state index in [4.69, 9.17) is 4.74 Å². The third-order valence-electron chi connectivity index (χ3n) is 3.36. The number of imidazole rings is 1. The second-order valence-corrected chi connectivity index (χ2v) is 4.69. The third kappa shape index (κ3) is 2.59. The van der Waals surface area contributed by atoms with E-state index in [0.717, 1.165) is 17.6 Å². The first-order valence-electron chi connectivity index (χ1n) is 6.53. The van der Waals surface area contributed by atoms with Crippen molar-refractivity contribution in [3.63, 3.8) is 0 Å². The summed E-state index contributed by atoms with van der Waals surface area (Å²) in [5.74, 6) is -0.986. The van der Waals surface area contributed by atoms with Crippen molar-refractivity contribution < 1.29 is 19.0 Å². The van der Waals surface area contributed by atoms with E-state index in [9.17, 15) is 14.3 Å². The predicted molar refractivity (Wildman–Crippen MR) is 71.1 cm³/mol. The number of rotatable bonds is 3. The SMILES string of the molecule is O=C(NCc1cnc2n1CCOC2)c1c(O)cccc1F. The fourth-order valence-electron chi connectivity index (χ4n) is 2.30. The van der Waals surface area contributed by atoms with Gasteiger partial charge in [-0.3, -0.25) is 4.79 Å². The van der Waals surface area contributed by atoms with Gasteiger partial charge in [-0.15, -0.1) is 0 Å². The Morgan fingerprint density at radius 1 is 1.52 bits per heavy atom.